The lowest BCUT2D eigenvalue weighted by Gasteiger charge is -2.50. The number of nitrogens with zero attached hydrogens (tertiary/aromatic N) is 4. The Morgan fingerprint density at radius 3 is 1.15 bits per heavy atom. The molecule has 0 spiro atoms. The van der Waals surface area contributed by atoms with Gasteiger partial charge in [-0.05, 0) is 101 Å². The van der Waals surface area contributed by atoms with Gasteiger partial charge in [0.1, 0.15) is 45.7 Å². The highest BCUT2D eigenvalue weighted by atomic mass is 16.4. The van der Waals surface area contributed by atoms with Crippen LogP contribution < -0.4 is 21.3 Å². The summed E-state index contributed by atoms with van der Waals surface area (Å²) in [5.41, 5.74) is 6.30. The second-order valence-corrected chi connectivity index (χ2v) is 18.6. The summed E-state index contributed by atoms with van der Waals surface area (Å²) in [5.74, 6) is -13.1. The largest absolute Gasteiger partial charge is 0.508 e. The molecular weight excluding hydrogens is 861 g/mol. The van der Waals surface area contributed by atoms with Gasteiger partial charge >= 0.3 is 0 Å². The zero-order valence-corrected chi connectivity index (χ0v) is 37.6. The number of fused-ring (bicyclic) bond motifs is 6. The van der Waals surface area contributed by atoms with Crippen molar-refractivity contribution in [2.75, 3.05) is 66.2 Å². The number of carbonyl (C=O) groups is 6. The summed E-state index contributed by atoms with van der Waals surface area (Å²) < 4.78 is 0. The van der Waals surface area contributed by atoms with Crippen LogP contribution in [0.15, 0.2) is 58.1 Å². The molecule has 0 saturated heterocycles. The van der Waals surface area contributed by atoms with Crippen molar-refractivity contribution in [1.29, 1.82) is 0 Å². The molecule has 20 heteroatoms. The average Bonchev–Trinajstić information content (AvgIpc) is 3.20. The fraction of sp³-hybridized carbons (Fsp3) is 0.435. The van der Waals surface area contributed by atoms with Crippen LogP contribution in [-0.2, 0) is 41.6 Å². The number of hydrogen-bond donors (Lipinski definition) is 10. The van der Waals surface area contributed by atoms with Crippen molar-refractivity contribution < 1.29 is 69.6 Å². The second kappa shape index (κ2) is 16.0. The number of aliphatic hydroxyl groups excluding tert-OH is 4. The molecule has 20 nitrogen and oxygen atoms in total. The van der Waals surface area contributed by atoms with Gasteiger partial charge in [0.15, 0.2) is 22.8 Å². The number of ketones is 4. The molecule has 0 aliphatic heterocycles. The van der Waals surface area contributed by atoms with E-state index in [1.807, 2.05) is 38.0 Å². The summed E-state index contributed by atoms with van der Waals surface area (Å²) in [7, 11) is 13.5. The Kier molecular flexibility index (Phi) is 11.5. The van der Waals surface area contributed by atoms with Gasteiger partial charge in [-0.2, -0.15) is 0 Å². The van der Waals surface area contributed by atoms with Crippen LogP contribution in [0.5, 0.6) is 11.5 Å². The van der Waals surface area contributed by atoms with Gasteiger partial charge in [-0.3, -0.25) is 38.6 Å². The Bertz CT molecular complexity index is 2520. The predicted molar refractivity (Wildman–Crippen MR) is 237 cm³/mol. The van der Waals surface area contributed by atoms with Crippen molar-refractivity contribution in [2.45, 2.75) is 49.0 Å². The molecule has 66 heavy (non-hydrogen) atoms. The quantitative estimate of drug-likeness (QED) is 0.171. The summed E-state index contributed by atoms with van der Waals surface area (Å²) in [6.07, 6.45) is 0.648. The highest BCUT2D eigenvalue weighted by Crippen LogP contribution is 2.55. The van der Waals surface area contributed by atoms with Gasteiger partial charge in [-0.25, -0.2) is 0 Å². The zero-order valence-electron chi connectivity index (χ0n) is 37.6. The number of amides is 2. The molecular formula is C46H54N6O14. The minimum atomic E-state index is -2.63. The Balaban J connectivity index is 0.000000196. The number of carbonyl (C=O) groups excluding carboxylic acids is 6. The van der Waals surface area contributed by atoms with Crippen LogP contribution in [0.25, 0.3) is 11.5 Å². The first-order valence-corrected chi connectivity index (χ1v) is 21.0. The minimum Gasteiger partial charge on any atom is -0.508 e. The topological polar surface area (TPSA) is 329 Å². The first-order valence-electron chi connectivity index (χ1n) is 21.0. The lowest BCUT2D eigenvalue weighted by atomic mass is 9.57. The molecule has 0 heterocycles. The van der Waals surface area contributed by atoms with Crippen molar-refractivity contribution >= 4 is 57.8 Å². The normalized spacial score (nSPS) is 29.1. The van der Waals surface area contributed by atoms with Crippen LogP contribution in [0.3, 0.4) is 0 Å². The molecule has 2 saturated carbocycles. The number of Topliss-reactive ketones (excluding diaryl/α,β-unsaturated/α-hetero) is 4. The van der Waals surface area contributed by atoms with Gasteiger partial charge in [0, 0.05) is 62.5 Å². The number of aromatic hydroxyl groups is 2. The number of benzene rings is 2. The predicted octanol–water partition coefficient (Wildman–Crippen LogP) is 0.0600. The maximum atomic E-state index is 13.7. The first kappa shape index (κ1) is 47.2. The molecule has 0 aromatic heterocycles. The van der Waals surface area contributed by atoms with E-state index in [9.17, 15) is 69.6 Å². The van der Waals surface area contributed by atoms with E-state index < -0.39 is 116 Å². The third-order valence-electron chi connectivity index (χ3n) is 14.1. The number of hydrogen-bond acceptors (Lipinski definition) is 18. The Hall–Kier alpha value is -6.74. The van der Waals surface area contributed by atoms with Gasteiger partial charge in [0.2, 0.25) is 11.6 Å². The van der Waals surface area contributed by atoms with Gasteiger partial charge in [0.25, 0.3) is 11.8 Å². The maximum Gasteiger partial charge on any atom is 0.255 e. The van der Waals surface area contributed by atoms with Crippen molar-refractivity contribution in [3.05, 3.63) is 80.3 Å². The van der Waals surface area contributed by atoms with E-state index in [0.717, 1.165) is 11.4 Å². The van der Waals surface area contributed by atoms with Crippen LogP contribution in [0.2, 0.25) is 0 Å². The van der Waals surface area contributed by atoms with Crippen LogP contribution in [0, 0.1) is 23.7 Å². The molecule has 0 bridgehead atoms. The number of anilines is 2. The third-order valence-corrected chi connectivity index (χ3v) is 14.1. The molecule has 2 aromatic carbocycles. The van der Waals surface area contributed by atoms with Gasteiger partial charge < -0.3 is 62.1 Å². The number of primary amides is 2. The molecule has 2 amide bonds. The molecule has 0 radical (unpaired) electrons. The lowest BCUT2D eigenvalue weighted by molar-refractivity contribution is -0.155. The Morgan fingerprint density at radius 1 is 0.561 bits per heavy atom. The van der Waals surface area contributed by atoms with Crippen LogP contribution in [-0.4, -0.2) is 165 Å². The number of phenolic OH excluding ortho intramolecular Hbond substituents is 2. The molecule has 6 aliphatic carbocycles. The van der Waals surface area contributed by atoms with E-state index >= 15 is 0 Å². The fourth-order valence-corrected chi connectivity index (χ4v) is 11.3. The fourth-order valence-electron chi connectivity index (χ4n) is 11.3. The van der Waals surface area contributed by atoms with Gasteiger partial charge in [-0.1, -0.05) is 0 Å². The molecule has 352 valence electrons. The molecule has 2 aromatic rings. The average molecular weight is 915 g/mol. The summed E-state index contributed by atoms with van der Waals surface area (Å²) in [5, 5.41) is 87.8. The summed E-state index contributed by atoms with van der Waals surface area (Å²) in [4.78, 5) is 84.0. The number of rotatable bonds is 6. The van der Waals surface area contributed by atoms with E-state index in [-0.39, 0.29) is 59.5 Å². The lowest BCUT2D eigenvalue weighted by Crippen LogP contribution is -2.65. The molecule has 6 aliphatic rings. The van der Waals surface area contributed by atoms with Crippen molar-refractivity contribution in [1.82, 2.24) is 9.80 Å². The minimum absolute atomic E-state index is 0.0638. The molecule has 8 rings (SSSR count). The van der Waals surface area contributed by atoms with E-state index in [1.165, 1.54) is 21.9 Å². The van der Waals surface area contributed by atoms with Crippen molar-refractivity contribution in [2.24, 2.45) is 35.1 Å². The highest BCUT2D eigenvalue weighted by Gasteiger charge is 2.66. The van der Waals surface area contributed by atoms with Crippen molar-refractivity contribution in [3.8, 4) is 11.5 Å². The Labute approximate surface area is 378 Å². The molecule has 2 unspecified atom stereocenters. The summed E-state index contributed by atoms with van der Waals surface area (Å²) >= 11 is 0. The highest BCUT2D eigenvalue weighted by molar-refractivity contribution is 6.25. The SMILES string of the molecule is CN(C)c1ccc(O)c2c1CC1C[C@H]3[C@@H](N(C)C)C(=O)C(C(N)=O)=C(O)[C@@]3(O)C(=O)C1=C2O.CN(C)c1ccc(O)c2c1CC1C[C@H]3[C@H](N(C)C)C(=O)C(C(N)=O)=C(O)[C@@]3(O)C(=O)C1=C2O. The van der Waals surface area contributed by atoms with Crippen LogP contribution in [0.4, 0.5) is 11.4 Å². The van der Waals surface area contributed by atoms with Gasteiger partial charge in [0.05, 0.1) is 23.2 Å². The first-order chi connectivity index (χ1) is 30.7. The number of likely N-dealkylation sites (N-methyl/N-ethyl adjacent to an activating group) is 2. The monoisotopic (exact) mass is 914 g/mol. The standard InChI is InChI=1S/2C23H27N3O7/c2*1-25(2)12-5-6-13(27)15-10(12)7-9-8-11-17(26(3)4)19(29)16(22(24)32)21(31)23(11,33)20(30)14(9)18(15)28/h2*5-6,9,11,17,27-28,31,33H,7-8H2,1-4H3,(H2,24,32)/t9?,11-,17+,23-;9?,11-,17-,23-/m00/s1. The van der Waals surface area contributed by atoms with Crippen molar-refractivity contribution in [3.63, 3.8) is 0 Å². The number of aliphatic hydroxyl groups is 6. The van der Waals surface area contributed by atoms with E-state index in [0.29, 0.717) is 11.1 Å². The molecule has 8 atom stereocenters. The zero-order chi connectivity index (χ0) is 49.1. The number of nitrogens with two attached hydrogens (primary N) is 2. The van der Waals surface area contributed by atoms with E-state index in [4.69, 9.17) is 11.5 Å². The van der Waals surface area contributed by atoms with Gasteiger partial charge in [-0.15, -0.1) is 0 Å². The van der Waals surface area contributed by atoms with Crippen LogP contribution >= 0.6 is 0 Å². The molecule has 12 N–H and O–H groups in total. The Morgan fingerprint density at radius 2 is 0.879 bits per heavy atom. The summed E-state index contributed by atoms with van der Waals surface area (Å²) in [6.45, 7) is 0. The van der Waals surface area contributed by atoms with E-state index in [1.54, 1.807) is 40.3 Å². The summed E-state index contributed by atoms with van der Waals surface area (Å²) in [6, 6.07) is 4.02. The maximum absolute atomic E-state index is 13.7. The van der Waals surface area contributed by atoms with Crippen LogP contribution in [0.1, 0.15) is 35.1 Å². The molecule has 2 fully saturated rings. The smallest absolute Gasteiger partial charge is 0.255 e. The second-order valence-electron chi connectivity index (χ2n) is 18.6. The van der Waals surface area contributed by atoms with E-state index in [2.05, 4.69) is 0 Å². The third kappa shape index (κ3) is 6.48. The number of phenols is 2.